The molecule has 3 rings (SSSR count). The van der Waals surface area contributed by atoms with Crippen LogP contribution in [0.2, 0.25) is 0 Å². The first-order valence-electron chi connectivity index (χ1n) is 6.73. The molecule has 1 aliphatic heterocycles. The molecule has 1 amide bonds. The van der Waals surface area contributed by atoms with Gasteiger partial charge < -0.3 is 15.1 Å². The van der Waals surface area contributed by atoms with Crippen LogP contribution in [0.15, 0.2) is 28.4 Å². The zero-order chi connectivity index (χ0) is 13.9. The standard InChI is InChI=1S/C14H17N3O2S/c1-9-6-15-4-2-11(9)16-13(18)12-8-20-14(17-12)10-3-5-19-7-10/h3,5,7-9,11,15H,2,4,6H2,1H3,(H,16,18). The molecule has 3 heterocycles. The van der Waals surface area contributed by atoms with E-state index in [1.165, 1.54) is 11.3 Å². The van der Waals surface area contributed by atoms with Crippen molar-refractivity contribution in [2.24, 2.45) is 5.92 Å². The van der Waals surface area contributed by atoms with E-state index in [-0.39, 0.29) is 11.9 Å². The highest BCUT2D eigenvalue weighted by Gasteiger charge is 2.24. The normalized spacial score (nSPS) is 22.6. The minimum absolute atomic E-state index is 0.0882. The van der Waals surface area contributed by atoms with Gasteiger partial charge in [-0.05, 0) is 31.5 Å². The molecule has 106 valence electrons. The van der Waals surface area contributed by atoms with Gasteiger partial charge in [-0.25, -0.2) is 4.98 Å². The van der Waals surface area contributed by atoms with Gasteiger partial charge in [-0.15, -0.1) is 11.3 Å². The van der Waals surface area contributed by atoms with Gasteiger partial charge in [0.1, 0.15) is 17.0 Å². The SMILES string of the molecule is CC1CNCCC1NC(=O)c1csc(-c2ccoc2)n1. The van der Waals surface area contributed by atoms with Crippen LogP contribution in [-0.2, 0) is 0 Å². The van der Waals surface area contributed by atoms with Gasteiger partial charge in [0.15, 0.2) is 0 Å². The lowest BCUT2D eigenvalue weighted by molar-refractivity contribution is 0.0910. The van der Waals surface area contributed by atoms with Crippen LogP contribution in [0, 0.1) is 5.92 Å². The van der Waals surface area contributed by atoms with Crippen LogP contribution in [-0.4, -0.2) is 30.0 Å². The van der Waals surface area contributed by atoms with E-state index < -0.39 is 0 Å². The summed E-state index contributed by atoms with van der Waals surface area (Å²) in [6, 6.07) is 2.07. The maximum atomic E-state index is 12.2. The first-order chi connectivity index (χ1) is 9.74. The first-order valence-corrected chi connectivity index (χ1v) is 7.61. The average molecular weight is 291 g/mol. The van der Waals surface area contributed by atoms with Gasteiger partial charge in [-0.3, -0.25) is 4.79 Å². The number of hydrogen-bond donors (Lipinski definition) is 2. The molecular formula is C14H17N3O2S. The van der Waals surface area contributed by atoms with E-state index in [1.54, 1.807) is 17.9 Å². The van der Waals surface area contributed by atoms with Crippen LogP contribution in [0.25, 0.3) is 10.6 Å². The molecule has 2 aromatic heterocycles. The topological polar surface area (TPSA) is 67.2 Å². The maximum Gasteiger partial charge on any atom is 0.271 e. The number of nitrogens with one attached hydrogen (secondary N) is 2. The van der Waals surface area contributed by atoms with E-state index in [0.717, 1.165) is 30.1 Å². The van der Waals surface area contributed by atoms with Crippen molar-refractivity contribution in [1.82, 2.24) is 15.6 Å². The van der Waals surface area contributed by atoms with Crippen LogP contribution >= 0.6 is 11.3 Å². The summed E-state index contributed by atoms with van der Waals surface area (Å²) in [5.74, 6) is 0.356. The van der Waals surface area contributed by atoms with Crippen molar-refractivity contribution in [2.45, 2.75) is 19.4 Å². The Balaban J connectivity index is 1.68. The number of amides is 1. The van der Waals surface area contributed by atoms with Gasteiger partial charge in [-0.2, -0.15) is 0 Å². The van der Waals surface area contributed by atoms with Gasteiger partial charge in [-0.1, -0.05) is 6.92 Å². The number of nitrogens with zero attached hydrogens (tertiary/aromatic N) is 1. The van der Waals surface area contributed by atoms with Crippen LogP contribution in [0.1, 0.15) is 23.8 Å². The number of carbonyl (C=O) groups is 1. The Hall–Kier alpha value is -1.66. The van der Waals surface area contributed by atoms with Crippen LogP contribution in [0.5, 0.6) is 0 Å². The molecule has 2 N–H and O–H groups in total. The summed E-state index contributed by atoms with van der Waals surface area (Å²) >= 11 is 1.45. The second-order valence-corrected chi connectivity index (χ2v) is 5.96. The quantitative estimate of drug-likeness (QED) is 0.909. The van der Waals surface area contributed by atoms with Crippen molar-refractivity contribution in [3.05, 3.63) is 29.7 Å². The average Bonchev–Trinajstić information content (AvgIpc) is 3.11. The van der Waals surface area contributed by atoms with E-state index in [1.807, 2.05) is 6.07 Å². The molecule has 6 heteroatoms. The zero-order valence-electron chi connectivity index (χ0n) is 11.3. The summed E-state index contributed by atoms with van der Waals surface area (Å²) in [5, 5.41) is 9.01. The molecule has 0 saturated carbocycles. The molecule has 0 aromatic carbocycles. The van der Waals surface area contributed by atoms with E-state index in [9.17, 15) is 4.79 Å². The highest BCUT2D eigenvalue weighted by molar-refractivity contribution is 7.13. The number of rotatable bonds is 3. The Labute approximate surface area is 121 Å². The summed E-state index contributed by atoms with van der Waals surface area (Å²) in [5.41, 5.74) is 1.39. The van der Waals surface area contributed by atoms with Crippen molar-refractivity contribution in [2.75, 3.05) is 13.1 Å². The molecule has 0 aliphatic carbocycles. The van der Waals surface area contributed by atoms with Crippen molar-refractivity contribution in [1.29, 1.82) is 0 Å². The zero-order valence-corrected chi connectivity index (χ0v) is 12.1. The van der Waals surface area contributed by atoms with Crippen molar-refractivity contribution < 1.29 is 9.21 Å². The number of furan rings is 1. The summed E-state index contributed by atoms with van der Waals surface area (Å²) in [6.07, 6.45) is 4.20. The Morgan fingerprint density at radius 3 is 3.25 bits per heavy atom. The van der Waals surface area contributed by atoms with Crippen molar-refractivity contribution in [3.63, 3.8) is 0 Å². The number of piperidine rings is 1. The molecule has 2 atom stereocenters. The molecule has 20 heavy (non-hydrogen) atoms. The van der Waals surface area contributed by atoms with Gasteiger partial charge >= 0.3 is 0 Å². The Bertz CT molecular complexity index is 579. The molecule has 1 saturated heterocycles. The summed E-state index contributed by atoms with van der Waals surface area (Å²) in [4.78, 5) is 16.6. The van der Waals surface area contributed by atoms with Gasteiger partial charge in [0, 0.05) is 17.0 Å². The fourth-order valence-electron chi connectivity index (χ4n) is 2.37. The molecule has 5 nitrogen and oxygen atoms in total. The number of thiazole rings is 1. The minimum atomic E-state index is -0.0882. The lowest BCUT2D eigenvalue weighted by atomic mass is 9.95. The molecule has 0 radical (unpaired) electrons. The van der Waals surface area contributed by atoms with E-state index in [4.69, 9.17) is 4.42 Å². The van der Waals surface area contributed by atoms with Gasteiger partial charge in [0.05, 0.1) is 6.26 Å². The molecular weight excluding hydrogens is 274 g/mol. The second kappa shape index (κ2) is 5.76. The summed E-state index contributed by atoms with van der Waals surface area (Å²) in [7, 11) is 0. The van der Waals surface area contributed by atoms with Crippen LogP contribution < -0.4 is 10.6 Å². The third-order valence-electron chi connectivity index (χ3n) is 3.61. The fraction of sp³-hybridized carbons (Fsp3) is 0.429. The predicted molar refractivity (Wildman–Crippen MR) is 77.7 cm³/mol. The number of aromatic nitrogens is 1. The number of carbonyl (C=O) groups excluding carboxylic acids is 1. The highest BCUT2D eigenvalue weighted by atomic mass is 32.1. The molecule has 0 bridgehead atoms. The monoisotopic (exact) mass is 291 g/mol. The second-order valence-electron chi connectivity index (χ2n) is 5.10. The Kier molecular flexibility index (Phi) is 3.84. The van der Waals surface area contributed by atoms with Gasteiger partial charge in [0.25, 0.3) is 5.91 Å². The Morgan fingerprint density at radius 1 is 1.60 bits per heavy atom. The lowest BCUT2D eigenvalue weighted by Crippen LogP contribution is -2.48. The first kappa shape index (κ1) is 13.3. The van der Waals surface area contributed by atoms with E-state index in [0.29, 0.717) is 11.6 Å². The van der Waals surface area contributed by atoms with Gasteiger partial charge in [0.2, 0.25) is 0 Å². The largest absolute Gasteiger partial charge is 0.472 e. The molecule has 1 fully saturated rings. The lowest BCUT2D eigenvalue weighted by Gasteiger charge is -2.29. The summed E-state index contributed by atoms with van der Waals surface area (Å²) in [6.45, 7) is 4.05. The van der Waals surface area contributed by atoms with E-state index >= 15 is 0 Å². The fourth-order valence-corrected chi connectivity index (χ4v) is 3.15. The van der Waals surface area contributed by atoms with Crippen LogP contribution in [0.4, 0.5) is 0 Å². The van der Waals surface area contributed by atoms with E-state index in [2.05, 4.69) is 22.5 Å². The van der Waals surface area contributed by atoms with Crippen molar-refractivity contribution >= 4 is 17.2 Å². The minimum Gasteiger partial charge on any atom is -0.472 e. The summed E-state index contributed by atoms with van der Waals surface area (Å²) < 4.78 is 5.03. The third kappa shape index (κ3) is 2.76. The smallest absolute Gasteiger partial charge is 0.271 e. The molecule has 1 aliphatic rings. The number of hydrogen-bond acceptors (Lipinski definition) is 5. The molecule has 2 aromatic rings. The predicted octanol–water partition coefficient (Wildman–Crippen LogP) is 2.13. The molecule has 2 unspecified atom stereocenters. The Morgan fingerprint density at radius 2 is 2.50 bits per heavy atom. The molecule has 0 spiro atoms. The highest BCUT2D eigenvalue weighted by Crippen LogP contribution is 2.24. The third-order valence-corrected chi connectivity index (χ3v) is 4.50. The van der Waals surface area contributed by atoms with Crippen LogP contribution in [0.3, 0.4) is 0 Å². The maximum absolute atomic E-state index is 12.2. The van der Waals surface area contributed by atoms with Crippen molar-refractivity contribution in [3.8, 4) is 10.6 Å².